The third-order valence-corrected chi connectivity index (χ3v) is 4.16. The highest BCUT2D eigenvalue weighted by Gasteiger charge is 2.13. The molecule has 3 aromatic carbocycles. The Morgan fingerprint density at radius 3 is 2.36 bits per heavy atom. The minimum absolute atomic E-state index is 0.121. The Bertz CT molecular complexity index is 946. The van der Waals surface area contributed by atoms with Gasteiger partial charge in [-0.2, -0.15) is 0 Å². The van der Waals surface area contributed by atoms with Crippen LogP contribution in [0.1, 0.15) is 15.9 Å². The first-order valence-electron chi connectivity index (χ1n) is 8.75. The lowest BCUT2D eigenvalue weighted by Gasteiger charge is -2.13. The van der Waals surface area contributed by atoms with Crippen LogP contribution in [0.25, 0.3) is 0 Å². The van der Waals surface area contributed by atoms with Crippen molar-refractivity contribution in [3.63, 3.8) is 0 Å². The van der Waals surface area contributed by atoms with Crippen molar-refractivity contribution >= 4 is 28.9 Å². The summed E-state index contributed by atoms with van der Waals surface area (Å²) in [6, 6.07) is 22.7. The second-order valence-electron chi connectivity index (χ2n) is 6.00. The molecule has 28 heavy (non-hydrogen) atoms. The van der Waals surface area contributed by atoms with E-state index in [1.807, 2.05) is 36.4 Å². The molecule has 0 radical (unpaired) electrons. The van der Waals surface area contributed by atoms with Crippen molar-refractivity contribution in [3.05, 3.63) is 95.8 Å². The Morgan fingerprint density at radius 2 is 1.61 bits per heavy atom. The topological polar surface area (TPSA) is 50.4 Å². The molecule has 0 aromatic heterocycles. The van der Waals surface area contributed by atoms with Crippen molar-refractivity contribution in [3.8, 4) is 5.75 Å². The van der Waals surface area contributed by atoms with E-state index < -0.39 is 0 Å². The molecule has 0 aliphatic rings. The number of carbonyl (C=O) groups excluding carboxylic acids is 1. The predicted octanol–water partition coefficient (Wildman–Crippen LogP) is 4.57. The van der Waals surface area contributed by atoms with E-state index >= 15 is 0 Å². The van der Waals surface area contributed by atoms with Crippen molar-refractivity contribution in [1.82, 2.24) is 5.32 Å². The standard InChI is InChI=1S/C22H19FN2O2S/c23-17-10-12-18(13-11-17)24-22(28)25-21(26)19-8-4-5-9-20(19)27-15-14-16-6-2-1-3-7-16/h1-13H,14-15H2,(H2,24,25,26,28). The van der Waals surface area contributed by atoms with Crippen LogP contribution in [0.3, 0.4) is 0 Å². The van der Waals surface area contributed by atoms with Gasteiger partial charge in [0.1, 0.15) is 11.6 Å². The zero-order chi connectivity index (χ0) is 19.8. The lowest BCUT2D eigenvalue weighted by Crippen LogP contribution is -2.34. The summed E-state index contributed by atoms with van der Waals surface area (Å²) in [6.45, 7) is 0.451. The maximum absolute atomic E-state index is 13.0. The Morgan fingerprint density at radius 1 is 0.929 bits per heavy atom. The average Bonchev–Trinajstić information content (AvgIpc) is 2.71. The quantitative estimate of drug-likeness (QED) is 0.601. The van der Waals surface area contributed by atoms with E-state index in [9.17, 15) is 9.18 Å². The van der Waals surface area contributed by atoms with Crippen molar-refractivity contribution < 1.29 is 13.9 Å². The lowest BCUT2D eigenvalue weighted by atomic mass is 10.1. The van der Waals surface area contributed by atoms with Crippen molar-refractivity contribution in [2.24, 2.45) is 0 Å². The molecular weight excluding hydrogens is 375 g/mol. The number of anilines is 1. The molecule has 0 spiro atoms. The highest BCUT2D eigenvalue weighted by Crippen LogP contribution is 2.18. The van der Waals surface area contributed by atoms with Gasteiger partial charge in [-0.1, -0.05) is 42.5 Å². The van der Waals surface area contributed by atoms with Crippen LogP contribution in [0.4, 0.5) is 10.1 Å². The molecule has 0 atom stereocenters. The third-order valence-electron chi connectivity index (χ3n) is 3.95. The molecule has 0 bridgehead atoms. The fourth-order valence-corrected chi connectivity index (χ4v) is 2.78. The zero-order valence-electron chi connectivity index (χ0n) is 15.0. The smallest absolute Gasteiger partial charge is 0.261 e. The van der Waals surface area contributed by atoms with Crippen LogP contribution in [0.5, 0.6) is 5.75 Å². The molecule has 0 saturated carbocycles. The molecule has 0 fully saturated rings. The maximum atomic E-state index is 13.0. The summed E-state index contributed by atoms with van der Waals surface area (Å²) in [4.78, 5) is 12.6. The first-order valence-corrected chi connectivity index (χ1v) is 9.16. The van der Waals surface area contributed by atoms with E-state index in [1.54, 1.807) is 18.2 Å². The van der Waals surface area contributed by atoms with Gasteiger partial charge >= 0.3 is 0 Å². The first kappa shape index (κ1) is 19.5. The molecule has 1 amide bonds. The van der Waals surface area contributed by atoms with Gasteiger partial charge in [0.25, 0.3) is 5.91 Å². The Labute approximate surface area is 168 Å². The summed E-state index contributed by atoms with van der Waals surface area (Å²) in [5, 5.41) is 5.58. The molecule has 6 heteroatoms. The van der Waals surface area contributed by atoms with Gasteiger partial charge in [0.05, 0.1) is 12.2 Å². The predicted molar refractivity (Wildman–Crippen MR) is 112 cm³/mol. The van der Waals surface area contributed by atoms with E-state index in [0.717, 1.165) is 12.0 Å². The minimum Gasteiger partial charge on any atom is -0.492 e. The van der Waals surface area contributed by atoms with Gasteiger partial charge in [-0.25, -0.2) is 4.39 Å². The monoisotopic (exact) mass is 394 g/mol. The number of hydrogen-bond acceptors (Lipinski definition) is 3. The van der Waals surface area contributed by atoms with Crippen LogP contribution in [-0.4, -0.2) is 17.6 Å². The Balaban J connectivity index is 1.58. The summed E-state index contributed by atoms with van der Waals surface area (Å²) in [6.07, 6.45) is 0.737. The molecule has 3 aromatic rings. The van der Waals surface area contributed by atoms with Crippen LogP contribution in [0, 0.1) is 5.82 Å². The number of benzene rings is 3. The zero-order valence-corrected chi connectivity index (χ0v) is 15.8. The molecule has 0 unspecified atom stereocenters. The van der Waals surface area contributed by atoms with Crippen LogP contribution in [0.2, 0.25) is 0 Å². The van der Waals surface area contributed by atoms with E-state index in [4.69, 9.17) is 17.0 Å². The normalized spacial score (nSPS) is 10.2. The largest absolute Gasteiger partial charge is 0.492 e. The number of nitrogens with one attached hydrogen (secondary N) is 2. The number of halogens is 1. The Hall–Kier alpha value is -3.25. The summed E-state index contributed by atoms with van der Waals surface area (Å²) >= 11 is 5.16. The van der Waals surface area contributed by atoms with E-state index in [1.165, 1.54) is 24.3 Å². The van der Waals surface area contributed by atoms with Crippen LogP contribution in [0.15, 0.2) is 78.9 Å². The van der Waals surface area contributed by atoms with Crippen molar-refractivity contribution in [1.29, 1.82) is 0 Å². The van der Waals surface area contributed by atoms with Gasteiger partial charge in [0.15, 0.2) is 5.11 Å². The second kappa shape index (κ2) is 9.62. The molecule has 3 rings (SSSR count). The number of amides is 1. The summed E-state index contributed by atoms with van der Waals surface area (Å²) in [5.41, 5.74) is 2.13. The number of ether oxygens (including phenoxy) is 1. The van der Waals surface area contributed by atoms with E-state index in [2.05, 4.69) is 10.6 Å². The van der Waals surface area contributed by atoms with Gasteiger partial charge in [-0.05, 0) is 54.2 Å². The molecule has 0 saturated heterocycles. The number of carbonyl (C=O) groups is 1. The number of para-hydroxylation sites is 1. The maximum Gasteiger partial charge on any atom is 0.261 e. The van der Waals surface area contributed by atoms with Crippen LogP contribution >= 0.6 is 12.2 Å². The minimum atomic E-state index is -0.380. The summed E-state index contributed by atoms with van der Waals surface area (Å²) < 4.78 is 18.8. The van der Waals surface area contributed by atoms with Gasteiger partial charge in [-0.3, -0.25) is 10.1 Å². The lowest BCUT2D eigenvalue weighted by molar-refractivity contribution is 0.0974. The molecule has 0 aliphatic carbocycles. The molecule has 2 N–H and O–H groups in total. The number of rotatable bonds is 6. The Kier molecular flexibility index (Phi) is 6.70. The summed E-state index contributed by atoms with van der Waals surface area (Å²) in [5.74, 6) is -0.238. The molecule has 0 heterocycles. The van der Waals surface area contributed by atoms with E-state index in [-0.39, 0.29) is 16.8 Å². The molecular formula is C22H19FN2O2S. The molecule has 0 aliphatic heterocycles. The van der Waals surface area contributed by atoms with Gasteiger partial charge < -0.3 is 10.1 Å². The third kappa shape index (κ3) is 5.62. The van der Waals surface area contributed by atoms with Crippen molar-refractivity contribution in [2.75, 3.05) is 11.9 Å². The van der Waals surface area contributed by atoms with Crippen molar-refractivity contribution in [2.45, 2.75) is 6.42 Å². The second-order valence-corrected chi connectivity index (χ2v) is 6.40. The number of hydrogen-bond donors (Lipinski definition) is 2. The van der Waals surface area contributed by atoms with Crippen LogP contribution < -0.4 is 15.4 Å². The molecule has 142 valence electrons. The fraction of sp³-hybridized carbons (Fsp3) is 0.0909. The highest BCUT2D eigenvalue weighted by molar-refractivity contribution is 7.80. The number of thiocarbonyl (C=S) groups is 1. The van der Waals surface area contributed by atoms with Gasteiger partial charge in [0.2, 0.25) is 0 Å². The summed E-state index contributed by atoms with van der Waals surface area (Å²) in [7, 11) is 0. The SMILES string of the molecule is O=C(NC(=S)Nc1ccc(F)cc1)c1ccccc1OCCc1ccccc1. The highest BCUT2D eigenvalue weighted by atomic mass is 32.1. The molecule has 4 nitrogen and oxygen atoms in total. The van der Waals surface area contributed by atoms with Crippen LogP contribution in [-0.2, 0) is 6.42 Å². The van der Waals surface area contributed by atoms with E-state index in [0.29, 0.717) is 23.6 Å². The average molecular weight is 394 g/mol. The van der Waals surface area contributed by atoms with Gasteiger partial charge in [-0.15, -0.1) is 0 Å². The first-order chi connectivity index (χ1) is 13.6. The fourth-order valence-electron chi connectivity index (χ4n) is 2.57. The van der Waals surface area contributed by atoms with Gasteiger partial charge in [0, 0.05) is 12.1 Å².